The number of hydrogen-bond donors (Lipinski definition) is 1. The first kappa shape index (κ1) is 17.1. The van der Waals surface area contributed by atoms with Gasteiger partial charge in [-0.1, -0.05) is 12.0 Å². The zero-order chi connectivity index (χ0) is 18.5. The Labute approximate surface area is 150 Å². The van der Waals surface area contributed by atoms with Crippen molar-refractivity contribution in [2.75, 3.05) is 17.3 Å². The van der Waals surface area contributed by atoms with Gasteiger partial charge in [-0.05, 0) is 36.4 Å². The fourth-order valence-corrected chi connectivity index (χ4v) is 2.38. The highest BCUT2D eigenvalue weighted by Crippen LogP contribution is 2.27. The Morgan fingerprint density at radius 3 is 2.65 bits per heavy atom. The fraction of sp³-hybridized carbons (Fsp3) is 0.0500. The largest absolute Gasteiger partial charge is 0.342 e. The van der Waals surface area contributed by atoms with E-state index in [2.05, 4.69) is 21.2 Å². The summed E-state index contributed by atoms with van der Waals surface area (Å²) in [5.74, 6) is 1.49. The normalized spacial score (nSPS) is 10.0. The predicted molar refractivity (Wildman–Crippen MR) is 98.8 cm³/mol. The number of anilines is 3. The topological polar surface area (TPSA) is 58.1 Å². The molecule has 0 unspecified atom stereocenters. The van der Waals surface area contributed by atoms with Crippen LogP contribution in [0, 0.1) is 18.2 Å². The average Bonchev–Trinajstić information content (AvgIpc) is 2.69. The summed E-state index contributed by atoms with van der Waals surface area (Å²) < 4.78 is 14.2. The number of amides is 1. The number of carbonyl (C=O) groups excluding carboxylic acids is 1. The molecule has 5 nitrogen and oxygen atoms in total. The number of nitrogens with one attached hydrogen (secondary N) is 1. The molecule has 0 bridgehead atoms. The van der Waals surface area contributed by atoms with E-state index in [9.17, 15) is 9.18 Å². The lowest BCUT2D eigenvalue weighted by atomic mass is 10.1. The van der Waals surface area contributed by atoms with Crippen LogP contribution in [0.2, 0.25) is 0 Å². The Morgan fingerprint density at radius 2 is 1.92 bits per heavy atom. The van der Waals surface area contributed by atoms with Gasteiger partial charge in [0.1, 0.15) is 12.1 Å². The molecule has 3 rings (SSSR count). The molecule has 0 aliphatic rings. The van der Waals surface area contributed by atoms with Crippen LogP contribution in [0.15, 0.2) is 61.2 Å². The van der Waals surface area contributed by atoms with Gasteiger partial charge in [0.25, 0.3) is 5.91 Å². The van der Waals surface area contributed by atoms with Gasteiger partial charge < -0.3 is 10.2 Å². The van der Waals surface area contributed by atoms with Crippen molar-refractivity contribution < 1.29 is 9.18 Å². The summed E-state index contributed by atoms with van der Waals surface area (Å²) in [4.78, 5) is 22.1. The van der Waals surface area contributed by atoms with Crippen LogP contribution in [-0.4, -0.2) is 22.9 Å². The molecular formula is C20H15FN4O. The molecule has 0 saturated heterocycles. The van der Waals surface area contributed by atoms with Crippen LogP contribution in [0.5, 0.6) is 0 Å². The molecule has 0 atom stereocenters. The fourth-order valence-electron chi connectivity index (χ4n) is 2.38. The molecule has 0 spiro atoms. The van der Waals surface area contributed by atoms with E-state index < -0.39 is 11.7 Å². The molecule has 0 aliphatic carbocycles. The van der Waals surface area contributed by atoms with Gasteiger partial charge in [0.05, 0.1) is 23.8 Å². The van der Waals surface area contributed by atoms with E-state index in [-0.39, 0.29) is 5.69 Å². The minimum absolute atomic E-state index is 0.0716. The minimum atomic E-state index is -0.534. The van der Waals surface area contributed by atoms with E-state index in [1.165, 1.54) is 12.4 Å². The number of hydrogen-bond acceptors (Lipinski definition) is 4. The first-order valence-electron chi connectivity index (χ1n) is 7.75. The quantitative estimate of drug-likeness (QED) is 0.733. The molecule has 0 aliphatic heterocycles. The second kappa shape index (κ2) is 7.45. The standard InChI is InChI=1S/C20H15FN4O/c1-3-14-5-4-6-15(9-14)20(26)24-19-10-16(7-8-18(19)21)25(2)17-11-22-13-23-12-17/h1,4-13H,2H3,(H,24,26). The minimum Gasteiger partial charge on any atom is -0.342 e. The molecule has 1 amide bonds. The molecule has 0 fully saturated rings. The van der Waals surface area contributed by atoms with E-state index in [0.717, 1.165) is 5.69 Å². The number of carbonyl (C=O) groups is 1. The van der Waals surface area contributed by atoms with E-state index in [0.29, 0.717) is 16.8 Å². The number of halogens is 1. The molecule has 6 heteroatoms. The molecule has 0 radical (unpaired) electrons. The van der Waals surface area contributed by atoms with Crippen molar-refractivity contribution in [1.29, 1.82) is 0 Å². The predicted octanol–water partition coefficient (Wildman–Crippen LogP) is 3.62. The molecule has 2 aromatic carbocycles. The van der Waals surface area contributed by atoms with Crippen LogP contribution >= 0.6 is 0 Å². The second-order valence-electron chi connectivity index (χ2n) is 5.50. The summed E-state index contributed by atoms with van der Waals surface area (Å²) in [6, 6.07) is 11.0. The Kier molecular flexibility index (Phi) is 4.90. The molecule has 26 heavy (non-hydrogen) atoms. The Bertz CT molecular complexity index is 983. The highest BCUT2D eigenvalue weighted by molar-refractivity contribution is 6.04. The number of terminal acetylenes is 1. The van der Waals surface area contributed by atoms with E-state index in [4.69, 9.17) is 6.42 Å². The lowest BCUT2D eigenvalue weighted by molar-refractivity contribution is 0.102. The lowest BCUT2D eigenvalue weighted by Gasteiger charge is -2.19. The Balaban J connectivity index is 1.86. The maximum absolute atomic E-state index is 14.2. The van der Waals surface area contributed by atoms with Gasteiger partial charge in [0.2, 0.25) is 0 Å². The van der Waals surface area contributed by atoms with Crippen LogP contribution in [0.3, 0.4) is 0 Å². The van der Waals surface area contributed by atoms with Crippen molar-refractivity contribution in [3.8, 4) is 12.3 Å². The van der Waals surface area contributed by atoms with E-state index in [1.807, 2.05) is 0 Å². The maximum Gasteiger partial charge on any atom is 0.255 e. The second-order valence-corrected chi connectivity index (χ2v) is 5.50. The van der Waals surface area contributed by atoms with E-state index >= 15 is 0 Å². The van der Waals surface area contributed by atoms with Crippen molar-refractivity contribution >= 4 is 23.0 Å². The van der Waals surface area contributed by atoms with Crippen LogP contribution < -0.4 is 10.2 Å². The van der Waals surface area contributed by atoms with Crippen LogP contribution in [-0.2, 0) is 0 Å². The summed E-state index contributed by atoms with van der Waals surface area (Å²) in [7, 11) is 1.80. The number of benzene rings is 2. The maximum atomic E-state index is 14.2. The van der Waals surface area contributed by atoms with Crippen LogP contribution in [0.25, 0.3) is 0 Å². The summed E-state index contributed by atoms with van der Waals surface area (Å²) in [6.45, 7) is 0. The number of aromatic nitrogens is 2. The first-order valence-corrected chi connectivity index (χ1v) is 7.75. The van der Waals surface area contributed by atoms with Gasteiger partial charge in [-0.3, -0.25) is 4.79 Å². The van der Waals surface area contributed by atoms with Crippen molar-refractivity contribution in [3.63, 3.8) is 0 Å². The number of rotatable bonds is 4. The highest BCUT2D eigenvalue weighted by atomic mass is 19.1. The third-order valence-corrected chi connectivity index (χ3v) is 3.81. The molecular weight excluding hydrogens is 331 g/mol. The van der Waals surface area contributed by atoms with Crippen molar-refractivity contribution in [1.82, 2.24) is 9.97 Å². The van der Waals surface area contributed by atoms with Crippen LogP contribution in [0.1, 0.15) is 15.9 Å². The molecule has 1 heterocycles. The highest BCUT2D eigenvalue weighted by Gasteiger charge is 2.13. The van der Waals surface area contributed by atoms with Crippen LogP contribution in [0.4, 0.5) is 21.5 Å². The van der Waals surface area contributed by atoms with Gasteiger partial charge >= 0.3 is 0 Å². The summed E-state index contributed by atoms with van der Waals surface area (Å²) in [5, 5.41) is 2.58. The first-order chi connectivity index (χ1) is 12.6. The third-order valence-electron chi connectivity index (χ3n) is 3.81. The van der Waals surface area contributed by atoms with Crippen molar-refractivity contribution in [3.05, 3.63) is 78.1 Å². The monoisotopic (exact) mass is 346 g/mol. The zero-order valence-electron chi connectivity index (χ0n) is 14.0. The van der Waals surface area contributed by atoms with Crippen molar-refractivity contribution in [2.45, 2.75) is 0 Å². The SMILES string of the molecule is C#Cc1cccc(C(=O)Nc2cc(N(C)c3cncnc3)ccc2F)c1. The molecule has 1 aromatic heterocycles. The molecule has 3 aromatic rings. The lowest BCUT2D eigenvalue weighted by Crippen LogP contribution is -2.15. The average molecular weight is 346 g/mol. The van der Waals surface area contributed by atoms with Crippen molar-refractivity contribution in [2.24, 2.45) is 0 Å². The summed E-state index contributed by atoms with van der Waals surface area (Å²) in [5.41, 5.74) is 2.42. The summed E-state index contributed by atoms with van der Waals surface area (Å²) >= 11 is 0. The molecule has 128 valence electrons. The van der Waals surface area contributed by atoms with Gasteiger partial charge in [0.15, 0.2) is 0 Å². The van der Waals surface area contributed by atoms with Gasteiger partial charge in [0, 0.05) is 23.9 Å². The smallest absolute Gasteiger partial charge is 0.255 e. The Hall–Kier alpha value is -3.72. The zero-order valence-corrected chi connectivity index (χ0v) is 14.0. The number of nitrogens with zero attached hydrogens (tertiary/aromatic N) is 3. The van der Waals surface area contributed by atoms with Gasteiger partial charge in [-0.15, -0.1) is 6.42 Å². The van der Waals surface area contributed by atoms with E-state index in [1.54, 1.807) is 60.7 Å². The molecule has 1 N–H and O–H groups in total. The summed E-state index contributed by atoms with van der Waals surface area (Å²) in [6.07, 6.45) is 10.1. The van der Waals surface area contributed by atoms with Gasteiger partial charge in [-0.2, -0.15) is 0 Å². The van der Waals surface area contributed by atoms with Gasteiger partial charge in [-0.25, -0.2) is 14.4 Å². The third kappa shape index (κ3) is 3.68. The Morgan fingerprint density at radius 1 is 1.15 bits per heavy atom. The molecule has 0 saturated carbocycles.